The molecule has 2 aromatic carbocycles. The van der Waals surface area contributed by atoms with E-state index in [1.807, 2.05) is 0 Å². The molecule has 4 aromatic rings. The predicted molar refractivity (Wildman–Crippen MR) is 117 cm³/mol. The molecule has 0 unspecified atom stereocenters. The van der Waals surface area contributed by atoms with Crippen molar-refractivity contribution in [2.24, 2.45) is 0 Å². The van der Waals surface area contributed by atoms with Crippen LogP contribution in [0.3, 0.4) is 0 Å². The average Bonchev–Trinajstić information content (AvgIpc) is 3.29. The maximum absolute atomic E-state index is 15.7. The van der Waals surface area contributed by atoms with Crippen molar-refractivity contribution in [2.45, 2.75) is 6.61 Å². The fourth-order valence-corrected chi connectivity index (χ4v) is 3.51. The van der Waals surface area contributed by atoms with Crippen LogP contribution >= 0.6 is 0 Å². The van der Waals surface area contributed by atoms with Crippen LogP contribution in [0.1, 0.15) is 16.1 Å². The first-order valence-electron chi connectivity index (χ1n) is 10.1. The van der Waals surface area contributed by atoms with Gasteiger partial charge in [-0.1, -0.05) is 0 Å². The van der Waals surface area contributed by atoms with Crippen LogP contribution in [-0.2, 0) is 11.3 Å². The minimum Gasteiger partial charge on any atom is -0.496 e. The number of nitrogens with zero attached hydrogens (tertiary/aromatic N) is 2. The molecule has 0 aliphatic rings. The Morgan fingerprint density at radius 1 is 1.00 bits per heavy atom. The number of H-pyrrole nitrogens is 2. The van der Waals surface area contributed by atoms with E-state index in [0.717, 1.165) is 19.2 Å². The number of benzene rings is 2. The van der Waals surface area contributed by atoms with Crippen LogP contribution in [0.4, 0.5) is 13.2 Å². The van der Waals surface area contributed by atoms with Crippen LogP contribution in [-0.4, -0.2) is 47.0 Å². The number of carbonyl (C=O) groups excluding carboxylic acids is 1. The number of fused-ring (bicyclic) bond motifs is 1. The number of hydrogen-bond acceptors (Lipinski definition) is 8. The van der Waals surface area contributed by atoms with Crippen LogP contribution in [0, 0.1) is 17.5 Å². The van der Waals surface area contributed by atoms with Crippen molar-refractivity contribution in [3.05, 3.63) is 73.8 Å². The number of carbonyl (C=O) groups is 1. The number of halogens is 3. The molecular weight excluding hydrogens is 489 g/mol. The lowest BCUT2D eigenvalue weighted by Gasteiger charge is -2.16. The number of hydrogen-bond donors (Lipinski definition) is 2. The zero-order valence-electron chi connectivity index (χ0n) is 18.9. The second-order valence-corrected chi connectivity index (χ2v) is 7.15. The number of nitrogens with one attached hydrogen (secondary N) is 2. The highest BCUT2D eigenvalue weighted by atomic mass is 19.2. The number of ether oxygens (including phenoxy) is 4. The predicted octanol–water partition coefficient (Wildman–Crippen LogP) is 2.20. The van der Waals surface area contributed by atoms with E-state index >= 15 is 4.39 Å². The van der Waals surface area contributed by atoms with Crippen molar-refractivity contribution in [1.29, 1.82) is 0 Å². The minimum atomic E-state index is -1.27. The Labute approximate surface area is 199 Å². The van der Waals surface area contributed by atoms with Crippen LogP contribution in [0.25, 0.3) is 16.7 Å². The highest BCUT2D eigenvalue weighted by Gasteiger charge is 2.25. The van der Waals surface area contributed by atoms with Gasteiger partial charge < -0.3 is 18.9 Å². The van der Waals surface area contributed by atoms with Gasteiger partial charge in [0.2, 0.25) is 0 Å². The lowest BCUT2D eigenvalue weighted by molar-refractivity contribution is 0.0596. The summed E-state index contributed by atoms with van der Waals surface area (Å²) in [6.07, 6.45) is 0. The van der Waals surface area contributed by atoms with E-state index in [0.29, 0.717) is 4.57 Å². The zero-order valence-corrected chi connectivity index (χ0v) is 18.9. The molecule has 0 amide bonds. The number of esters is 1. The topological polar surface area (TPSA) is 138 Å². The summed E-state index contributed by atoms with van der Waals surface area (Å²) in [5.41, 5.74) is -3.70. The van der Waals surface area contributed by atoms with Crippen LogP contribution in [0.5, 0.6) is 17.2 Å². The summed E-state index contributed by atoms with van der Waals surface area (Å²) in [6, 6.07) is 4.27. The smallest absolute Gasteiger partial charge is 0.356 e. The average molecular weight is 506 g/mol. The summed E-state index contributed by atoms with van der Waals surface area (Å²) in [7, 11) is 3.50. The first-order valence-corrected chi connectivity index (χ1v) is 10.1. The maximum atomic E-state index is 15.7. The van der Waals surface area contributed by atoms with E-state index in [1.165, 1.54) is 26.4 Å². The van der Waals surface area contributed by atoms with Crippen LogP contribution in [0.2, 0.25) is 0 Å². The second-order valence-electron chi connectivity index (χ2n) is 7.15. The molecule has 0 atom stereocenters. The Morgan fingerprint density at radius 2 is 1.69 bits per heavy atom. The first kappa shape index (κ1) is 24.4. The van der Waals surface area contributed by atoms with Gasteiger partial charge in [0, 0.05) is 0 Å². The Kier molecular flexibility index (Phi) is 6.42. The van der Waals surface area contributed by atoms with Crippen molar-refractivity contribution in [1.82, 2.24) is 19.7 Å². The number of rotatable bonds is 7. The Balaban J connectivity index is 1.86. The highest BCUT2D eigenvalue weighted by molar-refractivity contribution is 6.00. The molecule has 0 saturated heterocycles. The molecule has 36 heavy (non-hydrogen) atoms. The lowest BCUT2D eigenvalue weighted by Crippen LogP contribution is -2.34. The fraction of sp³-hybridized carbons (Fsp3) is 0.182. The van der Waals surface area contributed by atoms with E-state index in [4.69, 9.17) is 14.2 Å². The van der Waals surface area contributed by atoms with Crippen molar-refractivity contribution < 1.29 is 36.9 Å². The van der Waals surface area contributed by atoms with Crippen molar-refractivity contribution in [2.75, 3.05) is 21.3 Å². The van der Waals surface area contributed by atoms with E-state index in [1.54, 1.807) is 0 Å². The van der Waals surface area contributed by atoms with Crippen molar-refractivity contribution >= 4 is 17.0 Å². The summed E-state index contributed by atoms with van der Waals surface area (Å²) in [5, 5.41) is 5.63. The molecule has 11 nitrogen and oxygen atoms in total. The summed E-state index contributed by atoms with van der Waals surface area (Å²) in [6.45, 7) is -0.692. The third-order valence-corrected chi connectivity index (χ3v) is 5.24. The number of aromatic amines is 2. The fourth-order valence-electron chi connectivity index (χ4n) is 3.51. The van der Waals surface area contributed by atoms with Gasteiger partial charge >= 0.3 is 11.7 Å². The van der Waals surface area contributed by atoms with Gasteiger partial charge in [0.1, 0.15) is 17.7 Å². The molecule has 0 aliphatic carbocycles. The summed E-state index contributed by atoms with van der Waals surface area (Å²) in [5.74, 6) is -5.46. The van der Waals surface area contributed by atoms with Gasteiger partial charge in [-0.2, -0.15) is 5.10 Å². The van der Waals surface area contributed by atoms with Crippen LogP contribution < -0.4 is 25.5 Å². The molecule has 0 bridgehead atoms. The molecule has 14 heteroatoms. The van der Waals surface area contributed by atoms with E-state index in [-0.39, 0.29) is 33.8 Å². The Bertz CT molecular complexity index is 1610. The molecule has 0 radical (unpaired) electrons. The molecule has 0 saturated carbocycles. The van der Waals surface area contributed by atoms with E-state index in [2.05, 4.69) is 19.9 Å². The lowest BCUT2D eigenvalue weighted by atomic mass is 10.2. The quantitative estimate of drug-likeness (QED) is 0.364. The van der Waals surface area contributed by atoms with Gasteiger partial charge in [-0.3, -0.25) is 14.9 Å². The number of methoxy groups -OCH3 is 3. The first-order chi connectivity index (χ1) is 17.2. The zero-order chi connectivity index (χ0) is 26.1. The molecule has 0 spiro atoms. The van der Waals surface area contributed by atoms with Gasteiger partial charge in [-0.25, -0.2) is 27.3 Å². The third-order valence-electron chi connectivity index (χ3n) is 5.24. The molecule has 0 fully saturated rings. The van der Waals surface area contributed by atoms with Crippen molar-refractivity contribution in [3.8, 4) is 22.9 Å². The Morgan fingerprint density at radius 3 is 2.36 bits per heavy atom. The minimum absolute atomic E-state index is 0.0576. The molecule has 2 aromatic heterocycles. The standard InChI is InChI=1S/C22H17F3N4O7/c1-33-12-6-4-10(23)15(24)9(12)8-36-18-13(34-2)7-5-11(16(18)25)29-20(30)14-17(21(31)35-3)27-28-19(14)26-22(29)32/h4-7H,8H2,1-3H3,(H2,26,27,28,32). The van der Waals surface area contributed by atoms with Crippen LogP contribution in [0.15, 0.2) is 33.9 Å². The van der Waals surface area contributed by atoms with E-state index in [9.17, 15) is 23.2 Å². The molecule has 4 rings (SSSR count). The van der Waals surface area contributed by atoms with Gasteiger partial charge in [0.25, 0.3) is 5.56 Å². The largest absolute Gasteiger partial charge is 0.496 e. The normalized spacial score (nSPS) is 10.9. The summed E-state index contributed by atoms with van der Waals surface area (Å²) in [4.78, 5) is 40.1. The Hall–Kier alpha value is -4.75. The SMILES string of the molecule is COC(=O)c1[nH]nc2[nH]c(=O)n(-c3ccc(OC)c(OCc4c(OC)ccc(F)c4F)c3F)c(=O)c12. The number of aromatic nitrogens is 4. The van der Waals surface area contributed by atoms with Gasteiger partial charge in [0.15, 0.2) is 40.3 Å². The van der Waals surface area contributed by atoms with E-state index < -0.39 is 52.7 Å². The van der Waals surface area contributed by atoms with Crippen molar-refractivity contribution in [3.63, 3.8) is 0 Å². The molecule has 188 valence electrons. The third kappa shape index (κ3) is 3.91. The summed E-state index contributed by atoms with van der Waals surface area (Å²) >= 11 is 0. The molecule has 2 N–H and O–H groups in total. The maximum Gasteiger partial charge on any atom is 0.356 e. The molecule has 2 heterocycles. The summed E-state index contributed by atoms with van der Waals surface area (Å²) < 4.78 is 64.2. The monoisotopic (exact) mass is 506 g/mol. The molecule has 0 aliphatic heterocycles. The van der Waals surface area contributed by atoms with Gasteiger partial charge in [-0.05, 0) is 24.3 Å². The highest BCUT2D eigenvalue weighted by Crippen LogP contribution is 2.35. The van der Waals surface area contributed by atoms with Gasteiger partial charge in [-0.15, -0.1) is 0 Å². The second kappa shape index (κ2) is 9.48. The van der Waals surface area contributed by atoms with Gasteiger partial charge in [0.05, 0.1) is 32.6 Å². The molecular formula is C22H17F3N4O7.